The number of benzene rings is 2. The Morgan fingerprint density at radius 1 is 1.15 bits per heavy atom. The van der Waals surface area contributed by atoms with Crippen molar-refractivity contribution >= 4 is 21.8 Å². The van der Waals surface area contributed by atoms with E-state index < -0.39 is 11.0 Å². The standard InChI is InChI=1S/C21H30N2O2S/c1-21(2,3)26(24)23-20(15-9-11-22-12-10-15)18-13-16-7-5-6-8-17(16)14-19(18)25-4/h5-8,13-15,20,22-23H,9-12H2,1-4H3/t20-,26-/m1/s1. The van der Waals surface area contributed by atoms with Crippen LogP contribution >= 0.6 is 0 Å². The van der Waals surface area contributed by atoms with Crippen molar-refractivity contribution in [2.75, 3.05) is 20.2 Å². The van der Waals surface area contributed by atoms with Crippen LogP contribution in [0.4, 0.5) is 0 Å². The van der Waals surface area contributed by atoms with E-state index >= 15 is 0 Å². The zero-order chi connectivity index (χ0) is 18.7. The molecule has 4 nitrogen and oxygen atoms in total. The van der Waals surface area contributed by atoms with E-state index in [0.29, 0.717) is 5.92 Å². The van der Waals surface area contributed by atoms with Gasteiger partial charge in [-0.2, -0.15) is 0 Å². The molecule has 0 aromatic heterocycles. The smallest absolute Gasteiger partial charge is 0.124 e. The molecule has 2 aromatic rings. The number of methoxy groups -OCH3 is 1. The van der Waals surface area contributed by atoms with Gasteiger partial charge in [0, 0.05) is 5.56 Å². The third-order valence-electron chi connectivity index (χ3n) is 5.08. The van der Waals surface area contributed by atoms with Crippen molar-refractivity contribution in [2.24, 2.45) is 5.92 Å². The minimum atomic E-state index is -1.14. The van der Waals surface area contributed by atoms with E-state index in [2.05, 4.69) is 40.4 Å². The molecular weight excluding hydrogens is 344 g/mol. The number of piperidine rings is 1. The van der Waals surface area contributed by atoms with E-state index in [0.717, 1.165) is 42.6 Å². The van der Waals surface area contributed by atoms with E-state index in [9.17, 15) is 4.21 Å². The van der Waals surface area contributed by atoms with Crippen LogP contribution in [-0.4, -0.2) is 29.2 Å². The predicted molar refractivity (Wildman–Crippen MR) is 110 cm³/mol. The fraction of sp³-hybridized carbons (Fsp3) is 0.524. The molecule has 1 fully saturated rings. The average Bonchev–Trinajstić information content (AvgIpc) is 2.64. The van der Waals surface area contributed by atoms with Crippen molar-refractivity contribution in [3.05, 3.63) is 42.0 Å². The van der Waals surface area contributed by atoms with Gasteiger partial charge >= 0.3 is 0 Å². The van der Waals surface area contributed by atoms with Crippen LogP contribution in [0.5, 0.6) is 5.75 Å². The normalized spacial score (nSPS) is 18.6. The molecule has 2 N–H and O–H groups in total. The molecule has 2 atom stereocenters. The van der Waals surface area contributed by atoms with Crippen molar-refractivity contribution in [3.63, 3.8) is 0 Å². The zero-order valence-electron chi connectivity index (χ0n) is 16.2. The largest absolute Gasteiger partial charge is 0.496 e. The van der Waals surface area contributed by atoms with Crippen molar-refractivity contribution in [1.29, 1.82) is 0 Å². The molecule has 0 amide bonds. The first kappa shape index (κ1) is 19.3. The van der Waals surface area contributed by atoms with Crippen molar-refractivity contribution in [3.8, 4) is 5.75 Å². The molecule has 0 saturated carbocycles. The van der Waals surface area contributed by atoms with Crippen LogP contribution in [-0.2, 0) is 11.0 Å². The highest BCUT2D eigenvalue weighted by molar-refractivity contribution is 7.84. The van der Waals surface area contributed by atoms with E-state index in [1.165, 1.54) is 5.39 Å². The molecule has 2 aromatic carbocycles. The molecule has 1 aliphatic rings. The summed E-state index contributed by atoms with van der Waals surface area (Å²) in [6.07, 6.45) is 2.13. The molecular formula is C21H30N2O2S. The molecule has 0 spiro atoms. The Kier molecular flexibility index (Phi) is 6.00. The molecule has 142 valence electrons. The molecule has 0 unspecified atom stereocenters. The van der Waals surface area contributed by atoms with Gasteiger partial charge in [-0.25, -0.2) is 8.93 Å². The van der Waals surface area contributed by atoms with Crippen LogP contribution in [0.1, 0.15) is 45.2 Å². The minimum Gasteiger partial charge on any atom is -0.496 e. The number of fused-ring (bicyclic) bond motifs is 1. The molecule has 5 heteroatoms. The summed E-state index contributed by atoms with van der Waals surface area (Å²) in [5.41, 5.74) is 1.11. The molecule has 1 aliphatic heterocycles. The summed E-state index contributed by atoms with van der Waals surface area (Å²) < 4.78 is 21.8. The molecule has 3 rings (SSSR count). The van der Waals surface area contributed by atoms with Gasteiger partial charge in [-0.3, -0.25) is 0 Å². The van der Waals surface area contributed by atoms with E-state index in [1.54, 1.807) is 7.11 Å². The van der Waals surface area contributed by atoms with Crippen LogP contribution in [0, 0.1) is 5.92 Å². The highest BCUT2D eigenvalue weighted by atomic mass is 32.2. The molecule has 0 radical (unpaired) electrons. The van der Waals surface area contributed by atoms with Crippen LogP contribution in [0.2, 0.25) is 0 Å². The number of hydrogen-bond acceptors (Lipinski definition) is 3. The summed E-state index contributed by atoms with van der Waals surface area (Å²) in [5, 5.41) is 5.77. The van der Waals surface area contributed by atoms with Gasteiger partial charge in [0.15, 0.2) is 0 Å². The molecule has 1 saturated heterocycles. The summed E-state index contributed by atoms with van der Waals surface area (Å²) in [6, 6.07) is 12.6. The van der Waals surface area contributed by atoms with Gasteiger partial charge in [-0.1, -0.05) is 24.3 Å². The van der Waals surface area contributed by atoms with Gasteiger partial charge in [0.25, 0.3) is 0 Å². The zero-order valence-corrected chi connectivity index (χ0v) is 17.0. The van der Waals surface area contributed by atoms with Gasteiger partial charge < -0.3 is 10.1 Å². The topological polar surface area (TPSA) is 50.4 Å². The predicted octanol–water partition coefficient (Wildman–Crippen LogP) is 3.94. The third-order valence-corrected chi connectivity index (χ3v) is 6.66. The van der Waals surface area contributed by atoms with Crippen molar-refractivity contribution in [1.82, 2.24) is 10.0 Å². The lowest BCUT2D eigenvalue weighted by Gasteiger charge is -2.34. The number of ether oxygens (including phenoxy) is 1. The Morgan fingerprint density at radius 3 is 2.35 bits per heavy atom. The van der Waals surface area contributed by atoms with Gasteiger partial charge in [-0.05, 0) is 75.5 Å². The van der Waals surface area contributed by atoms with Crippen LogP contribution in [0.15, 0.2) is 36.4 Å². The molecule has 0 aliphatic carbocycles. The highest BCUT2D eigenvalue weighted by Crippen LogP contribution is 2.37. The highest BCUT2D eigenvalue weighted by Gasteiger charge is 2.31. The maximum Gasteiger partial charge on any atom is 0.124 e. The Labute approximate surface area is 159 Å². The Hall–Kier alpha value is -1.43. The maximum atomic E-state index is 12.9. The second-order valence-electron chi connectivity index (χ2n) is 8.01. The van der Waals surface area contributed by atoms with Crippen LogP contribution < -0.4 is 14.8 Å². The summed E-state index contributed by atoms with van der Waals surface area (Å²) in [5.74, 6) is 1.29. The first-order valence-electron chi connectivity index (χ1n) is 9.35. The van der Waals surface area contributed by atoms with E-state index in [-0.39, 0.29) is 10.8 Å². The second-order valence-corrected chi connectivity index (χ2v) is 10.0. The second kappa shape index (κ2) is 8.07. The Balaban J connectivity index is 2.04. The fourth-order valence-corrected chi connectivity index (χ4v) is 4.44. The lowest BCUT2D eigenvalue weighted by Crippen LogP contribution is -2.41. The first-order valence-corrected chi connectivity index (χ1v) is 10.5. The maximum absolute atomic E-state index is 12.9. The lowest BCUT2D eigenvalue weighted by molar-refractivity contribution is 0.300. The summed E-state index contributed by atoms with van der Waals surface area (Å²) in [4.78, 5) is 0. The summed E-state index contributed by atoms with van der Waals surface area (Å²) in [7, 11) is 0.577. The monoisotopic (exact) mass is 374 g/mol. The first-order chi connectivity index (χ1) is 12.4. The van der Waals surface area contributed by atoms with E-state index in [1.807, 2.05) is 26.8 Å². The fourth-order valence-electron chi connectivity index (χ4n) is 3.54. The number of rotatable bonds is 5. The minimum absolute atomic E-state index is 0.0108. The molecule has 26 heavy (non-hydrogen) atoms. The molecule has 0 bridgehead atoms. The van der Waals surface area contributed by atoms with Gasteiger partial charge in [0.2, 0.25) is 0 Å². The molecule has 1 heterocycles. The SMILES string of the molecule is COc1cc2ccccc2cc1[C@H](N[S@](=O)C(C)(C)C)C1CCNCC1. The Bertz CT molecular complexity index is 779. The summed E-state index contributed by atoms with van der Waals surface area (Å²) >= 11 is 0. The number of nitrogens with one attached hydrogen (secondary N) is 2. The third kappa shape index (κ3) is 4.27. The summed E-state index contributed by atoms with van der Waals surface area (Å²) in [6.45, 7) is 8.02. The quantitative estimate of drug-likeness (QED) is 0.833. The lowest BCUT2D eigenvalue weighted by atomic mass is 9.85. The number of hydrogen-bond donors (Lipinski definition) is 2. The van der Waals surface area contributed by atoms with Crippen molar-refractivity contribution in [2.45, 2.75) is 44.4 Å². The van der Waals surface area contributed by atoms with Gasteiger partial charge in [0.1, 0.15) is 5.75 Å². The van der Waals surface area contributed by atoms with Crippen LogP contribution in [0.25, 0.3) is 10.8 Å². The van der Waals surface area contributed by atoms with E-state index in [4.69, 9.17) is 4.74 Å². The van der Waals surface area contributed by atoms with Crippen molar-refractivity contribution < 1.29 is 8.95 Å². The Morgan fingerprint density at radius 2 is 1.77 bits per heavy atom. The van der Waals surface area contributed by atoms with Gasteiger partial charge in [-0.15, -0.1) is 0 Å². The van der Waals surface area contributed by atoms with Crippen LogP contribution in [0.3, 0.4) is 0 Å². The van der Waals surface area contributed by atoms with Gasteiger partial charge in [0.05, 0.1) is 28.9 Å². The average molecular weight is 375 g/mol.